The highest BCUT2D eigenvalue weighted by Crippen LogP contribution is 2.28. The second kappa shape index (κ2) is 7.78. The first kappa shape index (κ1) is 17.6. The van der Waals surface area contributed by atoms with E-state index in [4.69, 9.17) is 4.74 Å². The minimum atomic E-state index is -0.377. The van der Waals surface area contributed by atoms with Gasteiger partial charge in [-0.3, -0.25) is 14.4 Å². The summed E-state index contributed by atoms with van der Waals surface area (Å²) in [4.78, 5) is 38.0. The second-order valence-electron chi connectivity index (χ2n) is 6.86. The van der Waals surface area contributed by atoms with Crippen LogP contribution in [0.5, 0.6) is 0 Å². The van der Waals surface area contributed by atoms with E-state index < -0.39 is 0 Å². The lowest BCUT2D eigenvalue weighted by Crippen LogP contribution is -2.42. The molecule has 2 heterocycles. The molecule has 2 saturated heterocycles. The molecule has 3 atom stereocenters. The molecule has 0 saturated carbocycles. The lowest BCUT2D eigenvalue weighted by molar-refractivity contribution is -0.137. The molecule has 0 spiro atoms. The van der Waals surface area contributed by atoms with Crippen molar-refractivity contribution in [1.82, 2.24) is 10.2 Å². The molecule has 1 aromatic rings. The van der Waals surface area contributed by atoms with Gasteiger partial charge in [-0.15, -0.1) is 0 Å². The van der Waals surface area contributed by atoms with Crippen molar-refractivity contribution in [3.63, 3.8) is 0 Å². The van der Waals surface area contributed by atoms with Crippen LogP contribution in [0.2, 0.25) is 0 Å². The highest BCUT2D eigenvalue weighted by Gasteiger charge is 2.46. The van der Waals surface area contributed by atoms with Crippen molar-refractivity contribution in [2.24, 2.45) is 5.92 Å². The van der Waals surface area contributed by atoms with Crippen molar-refractivity contribution in [2.75, 3.05) is 19.7 Å². The zero-order valence-electron chi connectivity index (χ0n) is 14.4. The molecular weight excluding hydrogens is 320 g/mol. The first-order valence-corrected chi connectivity index (χ1v) is 8.83. The van der Waals surface area contributed by atoms with Gasteiger partial charge >= 0.3 is 0 Å². The van der Waals surface area contributed by atoms with E-state index in [-0.39, 0.29) is 42.3 Å². The molecule has 2 aliphatic heterocycles. The highest BCUT2D eigenvalue weighted by atomic mass is 16.5. The number of hydrogen-bond acceptors (Lipinski definition) is 4. The van der Waals surface area contributed by atoms with E-state index in [1.165, 1.54) is 0 Å². The van der Waals surface area contributed by atoms with Crippen LogP contribution in [-0.4, -0.2) is 54.3 Å². The van der Waals surface area contributed by atoms with Crippen LogP contribution in [0.15, 0.2) is 30.3 Å². The fourth-order valence-electron chi connectivity index (χ4n) is 3.52. The van der Waals surface area contributed by atoms with Crippen LogP contribution in [0.3, 0.4) is 0 Å². The summed E-state index contributed by atoms with van der Waals surface area (Å²) in [5.74, 6) is 0.0575. The number of fused-ring (bicyclic) bond motifs is 1. The van der Waals surface area contributed by atoms with Gasteiger partial charge in [-0.1, -0.05) is 25.1 Å². The number of Topliss-reactive ketones (excluding diaryl/α,β-unsaturated/α-hetero) is 1. The Morgan fingerprint density at radius 2 is 2.08 bits per heavy atom. The Hall–Kier alpha value is -2.21. The summed E-state index contributed by atoms with van der Waals surface area (Å²) in [6, 6.07) is 8.69. The Morgan fingerprint density at radius 1 is 1.32 bits per heavy atom. The summed E-state index contributed by atoms with van der Waals surface area (Å²) in [5.41, 5.74) is 0.633. The van der Waals surface area contributed by atoms with Gasteiger partial charge in [-0.25, -0.2) is 0 Å². The maximum atomic E-state index is 12.5. The predicted octanol–water partition coefficient (Wildman–Crippen LogP) is 1.40. The van der Waals surface area contributed by atoms with E-state index in [1.807, 2.05) is 25.1 Å². The molecule has 134 valence electrons. The topological polar surface area (TPSA) is 75.7 Å². The van der Waals surface area contributed by atoms with Crippen molar-refractivity contribution in [2.45, 2.75) is 38.3 Å². The van der Waals surface area contributed by atoms with Crippen molar-refractivity contribution >= 4 is 17.6 Å². The Kier molecular flexibility index (Phi) is 5.48. The van der Waals surface area contributed by atoms with Crippen molar-refractivity contribution in [3.05, 3.63) is 35.9 Å². The van der Waals surface area contributed by atoms with E-state index in [1.54, 1.807) is 17.0 Å². The van der Waals surface area contributed by atoms with Crippen LogP contribution in [0.1, 0.15) is 36.5 Å². The first-order valence-electron chi connectivity index (χ1n) is 8.83. The number of nitrogens with one attached hydrogen (secondary N) is 1. The molecule has 2 fully saturated rings. The lowest BCUT2D eigenvalue weighted by atomic mass is 10.0. The van der Waals surface area contributed by atoms with Gasteiger partial charge in [0.2, 0.25) is 5.91 Å². The summed E-state index contributed by atoms with van der Waals surface area (Å²) in [5, 5.41) is 2.88. The van der Waals surface area contributed by atoms with Crippen molar-refractivity contribution in [3.8, 4) is 0 Å². The van der Waals surface area contributed by atoms with Gasteiger partial charge in [-0.2, -0.15) is 0 Å². The molecule has 3 rings (SSSR count). The molecule has 3 unspecified atom stereocenters. The zero-order valence-corrected chi connectivity index (χ0v) is 14.4. The maximum Gasteiger partial charge on any atom is 0.251 e. The van der Waals surface area contributed by atoms with E-state index in [0.29, 0.717) is 25.1 Å². The van der Waals surface area contributed by atoms with Crippen molar-refractivity contribution < 1.29 is 19.1 Å². The van der Waals surface area contributed by atoms with E-state index in [9.17, 15) is 14.4 Å². The fourth-order valence-corrected chi connectivity index (χ4v) is 3.52. The number of benzene rings is 1. The lowest BCUT2D eigenvalue weighted by Gasteiger charge is -2.23. The Labute approximate surface area is 147 Å². The molecular formula is C19H24N2O4. The molecule has 0 bridgehead atoms. The molecule has 0 radical (unpaired) electrons. The smallest absolute Gasteiger partial charge is 0.251 e. The highest BCUT2D eigenvalue weighted by molar-refractivity contribution is 5.94. The van der Waals surface area contributed by atoms with Gasteiger partial charge in [0.1, 0.15) is 12.6 Å². The third kappa shape index (κ3) is 4.07. The van der Waals surface area contributed by atoms with Crippen molar-refractivity contribution in [1.29, 1.82) is 0 Å². The number of ketones is 1. The quantitative estimate of drug-likeness (QED) is 0.846. The zero-order chi connectivity index (χ0) is 17.8. The van der Waals surface area contributed by atoms with E-state index in [0.717, 1.165) is 12.8 Å². The van der Waals surface area contributed by atoms with Crippen LogP contribution in [0, 0.1) is 5.92 Å². The minimum absolute atomic E-state index is 0.00763. The SMILES string of the molecule is CC(CCNC(=O)c1ccccc1)CC(=O)N1CCC2OCC(=O)C21. The number of ether oxygens (including phenoxy) is 1. The monoisotopic (exact) mass is 344 g/mol. The molecule has 1 N–H and O–H groups in total. The minimum Gasteiger partial charge on any atom is -0.368 e. The average molecular weight is 344 g/mol. The molecule has 6 heteroatoms. The van der Waals surface area contributed by atoms with Crippen LogP contribution in [-0.2, 0) is 14.3 Å². The molecule has 0 aromatic heterocycles. The summed E-state index contributed by atoms with van der Waals surface area (Å²) < 4.78 is 5.42. The summed E-state index contributed by atoms with van der Waals surface area (Å²) in [6.07, 6.45) is 1.73. The summed E-state index contributed by atoms with van der Waals surface area (Å²) in [6.45, 7) is 3.24. The van der Waals surface area contributed by atoms with Crippen LogP contribution >= 0.6 is 0 Å². The standard InChI is InChI=1S/C19H24N2O4/c1-13(7-9-20-19(24)14-5-3-2-4-6-14)11-17(23)21-10-8-16-18(21)15(22)12-25-16/h2-6,13,16,18H,7-12H2,1H3,(H,20,24). The van der Waals surface area contributed by atoms with E-state index in [2.05, 4.69) is 5.32 Å². The van der Waals surface area contributed by atoms with Gasteiger partial charge in [-0.05, 0) is 30.9 Å². The molecule has 6 nitrogen and oxygen atoms in total. The molecule has 2 amide bonds. The molecule has 25 heavy (non-hydrogen) atoms. The number of carbonyl (C=O) groups is 3. The van der Waals surface area contributed by atoms with Gasteiger partial charge in [0.15, 0.2) is 5.78 Å². The molecule has 0 aliphatic carbocycles. The summed E-state index contributed by atoms with van der Waals surface area (Å²) >= 11 is 0. The first-order chi connectivity index (χ1) is 12.1. The van der Waals surface area contributed by atoms with Gasteiger partial charge < -0.3 is 15.0 Å². The summed E-state index contributed by atoms with van der Waals surface area (Å²) in [7, 11) is 0. The van der Waals surface area contributed by atoms with Gasteiger partial charge in [0.05, 0.1) is 6.10 Å². The van der Waals surface area contributed by atoms with Gasteiger partial charge in [0, 0.05) is 25.1 Å². The Balaban J connectivity index is 1.42. The Bertz CT molecular complexity index is 646. The number of carbonyl (C=O) groups excluding carboxylic acids is 3. The third-order valence-corrected chi connectivity index (χ3v) is 4.91. The molecule has 2 aliphatic rings. The van der Waals surface area contributed by atoms with Crippen LogP contribution in [0.4, 0.5) is 0 Å². The number of rotatable bonds is 6. The number of hydrogen-bond donors (Lipinski definition) is 1. The molecule has 1 aromatic carbocycles. The fraction of sp³-hybridized carbons (Fsp3) is 0.526. The normalized spacial score (nSPS) is 23.4. The van der Waals surface area contributed by atoms with E-state index >= 15 is 0 Å². The number of amides is 2. The largest absolute Gasteiger partial charge is 0.368 e. The number of likely N-dealkylation sites (tertiary alicyclic amines) is 1. The van der Waals surface area contributed by atoms with Crippen LogP contribution in [0.25, 0.3) is 0 Å². The average Bonchev–Trinajstić information content (AvgIpc) is 3.19. The van der Waals surface area contributed by atoms with Crippen LogP contribution < -0.4 is 5.32 Å². The predicted molar refractivity (Wildman–Crippen MR) is 92.0 cm³/mol. The second-order valence-corrected chi connectivity index (χ2v) is 6.86. The van der Waals surface area contributed by atoms with Gasteiger partial charge in [0.25, 0.3) is 5.91 Å². The maximum absolute atomic E-state index is 12.5. The third-order valence-electron chi connectivity index (χ3n) is 4.91. The number of nitrogens with zero attached hydrogens (tertiary/aromatic N) is 1. The Morgan fingerprint density at radius 3 is 2.84 bits per heavy atom.